The van der Waals surface area contributed by atoms with E-state index in [2.05, 4.69) is 20.3 Å². The Morgan fingerprint density at radius 3 is 2.62 bits per heavy atom. The maximum absolute atomic E-state index is 6.06. The number of aromatic nitrogens is 3. The standard InChI is InChI=1S/C15H10Cl2N4/c16-11-4-1-5-12(7-11)19-14-8-13(17)20-15(21-14)10-3-2-6-18-9-10/h1-9H,(H,19,20,21). The van der Waals surface area contributed by atoms with Crippen LogP contribution in [0.2, 0.25) is 10.2 Å². The van der Waals surface area contributed by atoms with Gasteiger partial charge in [-0.05, 0) is 30.3 Å². The molecule has 0 aliphatic carbocycles. The summed E-state index contributed by atoms with van der Waals surface area (Å²) in [5.74, 6) is 1.11. The summed E-state index contributed by atoms with van der Waals surface area (Å²) in [5.41, 5.74) is 1.63. The molecular formula is C15H10Cl2N4. The number of halogens is 2. The molecule has 6 heteroatoms. The molecule has 0 amide bonds. The number of hydrogen-bond donors (Lipinski definition) is 1. The SMILES string of the molecule is Clc1cccc(Nc2cc(Cl)nc(-c3cccnc3)n2)c1. The van der Waals surface area contributed by atoms with Gasteiger partial charge in [-0.15, -0.1) is 0 Å². The first kappa shape index (κ1) is 13.8. The number of nitrogens with zero attached hydrogens (tertiary/aromatic N) is 3. The molecule has 1 aromatic carbocycles. The molecule has 4 nitrogen and oxygen atoms in total. The van der Waals surface area contributed by atoms with E-state index in [0.29, 0.717) is 21.8 Å². The van der Waals surface area contributed by atoms with Gasteiger partial charge in [-0.3, -0.25) is 4.98 Å². The van der Waals surface area contributed by atoms with Crippen molar-refractivity contribution >= 4 is 34.7 Å². The van der Waals surface area contributed by atoms with Crippen LogP contribution in [0.4, 0.5) is 11.5 Å². The van der Waals surface area contributed by atoms with Crippen LogP contribution < -0.4 is 5.32 Å². The van der Waals surface area contributed by atoms with E-state index in [-0.39, 0.29) is 0 Å². The maximum Gasteiger partial charge on any atom is 0.164 e. The lowest BCUT2D eigenvalue weighted by atomic mass is 10.2. The average Bonchev–Trinajstić information content (AvgIpc) is 2.47. The van der Waals surface area contributed by atoms with Crippen molar-refractivity contribution in [2.24, 2.45) is 0 Å². The molecule has 0 atom stereocenters. The smallest absolute Gasteiger partial charge is 0.164 e. The second-order valence-corrected chi connectivity index (χ2v) is 5.10. The lowest BCUT2D eigenvalue weighted by Crippen LogP contribution is -1.98. The number of anilines is 2. The lowest BCUT2D eigenvalue weighted by molar-refractivity contribution is 1.16. The number of nitrogens with one attached hydrogen (secondary N) is 1. The summed E-state index contributed by atoms with van der Waals surface area (Å²) in [6.45, 7) is 0. The molecule has 0 bridgehead atoms. The number of rotatable bonds is 3. The van der Waals surface area contributed by atoms with Crippen LogP contribution in [0.25, 0.3) is 11.4 Å². The van der Waals surface area contributed by atoms with Gasteiger partial charge in [-0.25, -0.2) is 9.97 Å². The predicted molar refractivity (Wildman–Crippen MR) is 85.0 cm³/mol. The molecule has 0 aliphatic rings. The first-order chi connectivity index (χ1) is 10.2. The summed E-state index contributed by atoms with van der Waals surface area (Å²) < 4.78 is 0. The van der Waals surface area contributed by atoms with E-state index < -0.39 is 0 Å². The number of benzene rings is 1. The second-order valence-electron chi connectivity index (χ2n) is 4.28. The molecule has 0 unspecified atom stereocenters. The highest BCUT2D eigenvalue weighted by Crippen LogP contribution is 2.23. The lowest BCUT2D eigenvalue weighted by Gasteiger charge is -2.08. The third-order valence-corrected chi connectivity index (χ3v) is 3.14. The molecular weight excluding hydrogens is 307 g/mol. The minimum atomic E-state index is 0.355. The van der Waals surface area contributed by atoms with Crippen LogP contribution in [0.3, 0.4) is 0 Å². The highest BCUT2D eigenvalue weighted by Gasteiger charge is 2.06. The summed E-state index contributed by atoms with van der Waals surface area (Å²) in [5, 5.41) is 4.16. The fraction of sp³-hybridized carbons (Fsp3) is 0. The Kier molecular flexibility index (Phi) is 3.99. The van der Waals surface area contributed by atoms with Crippen molar-refractivity contribution in [1.82, 2.24) is 15.0 Å². The van der Waals surface area contributed by atoms with Gasteiger partial charge in [0, 0.05) is 34.7 Å². The molecule has 2 heterocycles. The molecule has 0 radical (unpaired) electrons. The minimum Gasteiger partial charge on any atom is -0.340 e. The normalized spacial score (nSPS) is 10.4. The van der Waals surface area contributed by atoms with E-state index in [1.54, 1.807) is 30.6 Å². The monoisotopic (exact) mass is 316 g/mol. The Balaban J connectivity index is 1.95. The van der Waals surface area contributed by atoms with Gasteiger partial charge in [0.05, 0.1) is 0 Å². The van der Waals surface area contributed by atoms with Crippen molar-refractivity contribution in [2.75, 3.05) is 5.32 Å². The van der Waals surface area contributed by atoms with Gasteiger partial charge in [-0.1, -0.05) is 29.3 Å². The predicted octanol–water partition coefficient (Wildman–Crippen LogP) is 4.59. The highest BCUT2D eigenvalue weighted by atomic mass is 35.5. The highest BCUT2D eigenvalue weighted by molar-refractivity contribution is 6.31. The Morgan fingerprint density at radius 1 is 0.952 bits per heavy atom. The molecule has 2 aromatic heterocycles. The minimum absolute atomic E-state index is 0.355. The van der Waals surface area contributed by atoms with Crippen LogP contribution in [0.1, 0.15) is 0 Å². The zero-order valence-corrected chi connectivity index (χ0v) is 12.3. The van der Waals surface area contributed by atoms with Crippen molar-refractivity contribution in [3.63, 3.8) is 0 Å². The maximum atomic E-state index is 6.06. The molecule has 0 aliphatic heterocycles. The molecule has 3 aromatic rings. The van der Waals surface area contributed by atoms with Crippen LogP contribution in [-0.2, 0) is 0 Å². The first-order valence-electron chi connectivity index (χ1n) is 6.18. The van der Waals surface area contributed by atoms with Gasteiger partial charge < -0.3 is 5.32 Å². The van der Waals surface area contributed by atoms with E-state index in [9.17, 15) is 0 Å². The van der Waals surface area contributed by atoms with Crippen molar-refractivity contribution in [2.45, 2.75) is 0 Å². The van der Waals surface area contributed by atoms with Crippen LogP contribution in [0.15, 0.2) is 54.9 Å². The molecule has 1 N–H and O–H groups in total. The molecule has 0 spiro atoms. The van der Waals surface area contributed by atoms with E-state index >= 15 is 0 Å². The van der Waals surface area contributed by atoms with Gasteiger partial charge in [0.1, 0.15) is 11.0 Å². The molecule has 0 fully saturated rings. The number of hydrogen-bond acceptors (Lipinski definition) is 4. The van der Waals surface area contributed by atoms with E-state index in [1.807, 2.05) is 24.3 Å². The molecule has 0 saturated heterocycles. The van der Waals surface area contributed by atoms with Crippen molar-refractivity contribution in [1.29, 1.82) is 0 Å². The Bertz CT molecular complexity index is 763. The van der Waals surface area contributed by atoms with E-state index in [1.165, 1.54) is 0 Å². The zero-order chi connectivity index (χ0) is 14.7. The summed E-state index contributed by atoms with van der Waals surface area (Å²) >= 11 is 12.0. The summed E-state index contributed by atoms with van der Waals surface area (Å²) in [4.78, 5) is 12.7. The van der Waals surface area contributed by atoms with Gasteiger partial charge in [-0.2, -0.15) is 0 Å². The van der Waals surface area contributed by atoms with Gasteiger partial charge in [0.15, 0.2) is 5.82 Å². The quantitative estimate of drug-likeness (QED) is 0.718. The molecule has 0 saturated carbocycles. The second kappa shape index (κ2) is 6.08. The Morgan fingerprint density at radius 2 is 1.86 bits per heavy atom. The van der Waals surface area contributed by atoms with Crippen LogP contribution >= 0.6 is 23.2 Å². The summed E-state index contributed by atoms with van der Waals surface area (Å²) in [6.07, 6.45) is 3.38. The van der Waals surface area contributed by atoms with Crippen LogP contribution in [0, 0.1) is 0 Å². The Labute approximate surface area is 131 Å². The van der Waals surface area contributed by atoms with Crippen LogP contribution in [0.5, 0.6) is 0 Å². The molecule has 3 rings (SSSR count). The summed E-state index contributed by atoms with van der Waals surface area (Å²) in [7, 11) is 0. The molecule has 104 valence electrons. The van der Waals surface area contributed by atoms with Gasteiger partial charge >= 0.3 is 0 Å². The van der Waals surface area contributed by atoms with Crippen molar-refractivity contribution < 1.29 is 0 Å². The largest absolute Gasteiger partial charge is 0.340 e. The van der Waals surface area contributed by atoms with Crippen molar-refractivity contribution in [3.05, 3.63) is 65.0 Å². The third kappa shape index (κ3) is 3.48. The van der Waals surface area contributed by atoms with Crippen molar-refractivity contribution in [3.8, 4) is 11.4 Å². The first-order valence-corrected chi connectivity index (χ1v) is 6.94. The van der Waals surface area contributed by atoms with E-state index in [0.717, 1.165) is 11.3 Å². The van der Waals surface area contributed by atoms with Gasteiger partial charge in [0.25, 0.3) is 0 Å². The third-order valence-electron chi connectivity index (χ3n) is 2.71. The average molecular weight is 317 g/mol. The number of pyridine rings is 1. The topological polar surface area (TPSA) is 50.7 Å². The van der Waals surface area contributed by atoms with E-state index in [4.69, 9.17) is 23.2 Å². The van der Waals surface area contributed by atoms with Gasteiger partial charge in [0.2, 0.25) is 0 Å². The molecule has 21 heavy (non-hydrogen) atoms. The summed E-state index contributed by atoms with van der Waals surface area (Å²) in [6, 6.07) is 12.7. The fourth-order valence-corrected chi connectivity index (χ4v) is 2.19. The fourth-order valence-electron chi connectivity index (χ4n) is 1.82. The zero-order valence-electron chi connectivity index (χ0n) is 10.8. The van der Waals surface area contributed by atoms with Crippen LogP contribution in [-0.4, -0.2) is 15.0 Å². The Hall–Kier alpha value is -2.17.